The van der Waals surface area contributed by atoms with Crippen LogP contribution in [0.1, 0.15) is 12.5 Å². The molecule has 2 aromatic rings. The van der Waals surface area contributed by atoms with Gasteiger partial charge in [-0.3, -0.25) is 4.79 Å². The van der Waals surface area contributed by atoms with Gasteiger partial charge in [-0.1, -0.05) is 19.1 Å². The Morgan fingerprint density at radius 1 is 1.06 bits per heavy atom. The Labute approximate surface area is 183 Å². The van der Waals surface area contributed by atoms with Crippen molar-refractivity contribution >= 4 is 29.3 Å². The van der Waals surface area contributed by atoms with E-state index in [1.165, 1.54) is 6.08 Å². The van der Waals surface area contributed by atoms with Crippen LogP contribution >= 0.6 is 0 Å². The average Bonchev–Trinajstić information content (AvgIpc) is 2.82. The fourth-order valence-electron chi connectivity index (χ4n) is 3.37. The van der Waals surface area contributed by atoms with Crippen molar-refractivity contribution in [1.82, 2.24) is 4.90 Å². The van der Waals surface area contributed by atoms with E-state index in [4.69, 9.17) is 9.47 Å². The molecule has 7 nitrogen and oxygen atoms in total. The Hall–Kier alpha value is -3.32. The second-order valence-electron chi connectivity index (χ2n) is 7.23. The summed E-state index contributed by atoms with van der Waals surface area (Å²) in [6.07, 6.45) is 2.90. The molecule has 164 valence electrons. The third-order valence-electron chi connectivity index (χ3n) is 5.19. The van der Waals surface area contributed by atoms with Crippen molar-refractivity contribution in [3.05, 3.63) is 60.2 Å². The van der Waals surface area contributed by atoms with Crippen molar-refractivity contribution in [2.45, 2.75) is 6.92 Å². The largest absolute Gasteiger partial charge is 0.497 e. The monoisotopic (exact) mass is 423 g/mol. The standard InChI is InChI=1S/C24H29N3O4/c1-3-26-13-15-27(16-14-26)21-10-8-20(9-11-21)25-23(28)18-31-24(29)12-7-19-5-4-6-22(17-19)30-2/h4-12,17H,3,13-16,18H2,1-2H3,(H,25,28)/b12-7+. The van der Waals surface area contributed by atoms with Gasteiger partial charge in [-0.15, -0.1) is 0 Å². The van der Waals surface area contributed by atoms with Gasteiger partial charge in [-0.05, 0) is 54.6 Å². The highest BCUT2D eigenvalue weighted by molar-refractivity contribution is 5.94. The molecule has 0 aliphatic carbocycles. The first-order chi connectivity index (χ1) is 15.1. The van der Waals surface area contributed by atoms with Crippen LogP contribution in [-0.2, 0) is 14.3 Å². The van der Waals surface area contributed by atoms with Gasteiger partial charge < -0.3 is 24.6 Å². The first kappa shape index (κ1) is 22.4. The van der Waals surface area contributed by atoms with Crippen molar-refractivity contribution in [1.29, 1.82) is 0 Å². The van der Waals surface area contributed by atoms with E-state index in [0.29, 0.717) is 11.4 Å². The van der Waals surface area contributed by atoms with Gasteiger partial charge >= 0.3 is 5.97 Å². The number of likely N-dealkylation sites (N-methyl/N-ethyl adjacent to an activating group) is 1. The number of hydrogen-bond donors (Lipinski definition) is 1. The molecule has 1 heterocycles. The molecule has 2 aromatic carbocycles. The summed E-state index contributed by atoms with van der Waals surface area (Å²) in [5.74, 6) is -0.267. The number of nitrogens with one attached hydrogen (secondary N) is 1. The zero-order valence-electron chi connectivity index (χ0n) is 18.0. The van der Waals surface area contributed by atoms with Gasteiger partial charge in [0, 0.05) is 43.6 Å². The zero-order chi connectivity index (χ0) is 22.1. The molecule has 0 aromatic heterocycles. The number of hydrogen-bond acceptors (Lipinski definition) is 6. The Bertz CT molecular complexity index is 903. The molecule has 1 N–H and O–H groups in total. The number of ether oxygens (including phenoxy) is 2. The van der Waals surface area contributed by atoms with Gasteiger partial charge in [0.1, 0.15) is 5.75 Å². The van der Waals surface area contributed by atoms with Crippen LogP contribution in [0.2, 0.25) is 0 Å². The topological polar surface area (TPSA) is 71.1 Å². The van der Waals surface area contributed by atoms with E-state index in [1.54, 1.807) is 19.3 Å². The van der Waals surface area contributed by atoms with E-state index in [2.05, 4.69) is 22.0 Å². The predicted molar refractivity (Wildman–Crippen MR) is 122 cm³/mol. The maximum atomic E-state index is 12.1. The van der Waals surface area contributed by atoms with Crippen molar-refractivity contribution in [3.8, 4) is 5.75 Å². The fraction of sp³-hybridized carbons (Fsp3) is 0.333. The first-order valence-electron chi connectivity index (χ1n) is 10.4. The summed E-state index contributed by atoms with van der Waals surface area (Å²) in [6.45, 7) is 7.04. The molecule has 31 heavy (non-hydrogen) atoms. The molecular weight excluding hydrogens is 394 g/mol. The number of piperazine rings is 1. The fourth-order valence-corrected chi connectivity index (χ4v) is 3.37. The number of carbonyl (C=O) groups excluding carboxylic acids is 2. The molecule has 0 atom stereocenters. The lowest BCUT2D eigenvalue weighted by molar-refractivity contribution is -0.142. The number of carbonyl (C=O) groups is 2. The maximum absolute atomic E-state index is 12.1. The molecule has 1 fully saturated rings. The van der Waals surface area contributed by atoms with Gasteiger partial charge in [0.15, 0.2) is 6.61 Å². The van der Waals surface area contributed by atoms with Crippen LogP contribution in [0.25, 0.3) is 6.08 Å². The van der Waals surface area contributed by atoms with Crippen molar-refractivity contribution in [3.63, 3.8) is 0 Å². The second-order valence-corrected chi connectivity index (χ2v) is 7.23. The molecular formula is C24H29N3O4. The summed E-state index contributed by atoms with van der Waals surface area (Å²) >= 11 is 0. The molecule has 7 heteroatoms. The van der Waals surface area contributed by atoms with E-state index in [0.717, 1.165) is 44.0 Å². The molecule has 0 spiro atoms. The van der Waals surface area contributed by atoms with E-state index < -0.39 is 5.97 Å². The normalized spacial score (nSPS) is 14.5. The minimum absolute atomic E-state index is 0.345. The number of amides is 1. The number of methoxy groups -OCH3 is 1. The minimum Gasteiger partial charge on any atom is -0.497 e. The molecule has 0 radical (unpaired) electrons. The van der Waals surface area contributed by atoms with Crippen LogP contribution in [-0.4, -0.2) is 63.2 Å². The Kier molecular flexibility index (Phi) is 8.06. The smallest absolute Gasteiger partial charge is 0.331 e. The molecule has 1 amide bonds. The molecule has 0 bridgehead atoms. The number of anilines is 2. The lowest BCUT2D eigenvalue weighted by Gasteiger charge is -2.35. The van der Waals surface area contributed by atoms with Crippen LogP contribution in [0.15, 0.2) is 54.6 Å². The second kappa shape index (κ2) is 11.2. The number of nitrogens with zero attached hydrogens (tertiary/aromatic N) is 2. The van der Waals surface area contributed by atoms with Gasteiger partial charge in [0.2, 0.25) is 0 Å². The predicted octanol–water partition coefficient (Wildman–Crippen LogP) is 3.03. The summed E-state index contributed by atoms with van der Waals surface area (Å²) in [4.78, 5) is 28.7. The van der Waals surface area contributed by atoms with E-state index in [-0.39, 0.29) is 12.5 Å². The van der Waals surface area contributed by atoms with E-state index in [1.807, 2.05) is 42.5 Å². The number of esters is 1. The summed E-state index contributed by atoms with van der Waals surface area (Å²) in [6, 6.07) is 15.0. The van der Waals surface area contributed by atoms with Crippen LogP contribution in [0, 0.1) is 0 Å². The zero-order valence-corrected chi connectivity index (χ0v) is 18.0. The average molecular weight is 424 g/mol. The van der Waals surface area contributed by atoms with E-state index >= 15 is 0 Å². The Balaban J connectivity index is 1.43. The number of benzene rings is 2. The van der Waals surface area contributed by atoms with Gasteiger partial charge in [-0.2, -0.15) is 0 Å². The maximum Gasteiger partial charge on any atom is 0.331 e. The van der Waals surface area contributed by atoms with Crippen molar-refractivity contribution in [2.75, 3.05) is 56.7 Å². The van der Waals surface area contributed by atoms with Crippen molar-refractivity contribution in [2.24, 2.45) is 0 Å². The summed E-state index contributed by atoms with van der Waals surface area (Å²) in [7, 11) is 1.58. The van der Waals surface area contributed by atoms with E-state index in [9.17, 15) is 9.59 Å². The highest BCUT2D eigenvalue weighted by Crippen LogP contribution is 2.19. The van der Waals surface area contributed by atoms with Crippen LogP contribution in [0.3, 0.4) is 0 Å². The molecule has 3 rings (SSSR count). The van der Waals surface area contributed by atoms with Crippen LogP contribution in [0.5, 0.6) is 5.75 Å². The first-order valence-corrected chi connectivity index (χ1v) is 10.4. The quantitative estimate of drug-likeness (QED) is 0.520. The molecule has 1 aliphatic rings. The third kappa shape index (κ3) is 6.86. The van der Waals surface area contributed by atoms with Gasteiger partial charge in [0.25, 0.3) is 5.91 Å². The molecule has 0 saturated carbocycles. The summed E-state index contributed by atoms with van der Waals surface area (Å²) in [5.41, 5.74) is 2.61. The highest BCUT2D eigenvalue weighted by atomic mass is 16.5. The summed E-state index contributed by atoms with van der Waals surface area (Å²) in [5, 5.41) is 2.75. The minimum atomic E-state index is -0.584. The summed E-state index contributed by atoms with van der Waals surface area (Å²) < 4.78 is 10.2. The lowest BCUT2D eigenvalue weighted by Crippen LogP contribution is -2.46. The Morgan fingerprint density at radius 2 is 1.81 bits per heavy atom. The third-order valence-corrected chi connectivity index (χ3v) is 5.19. The highest BCUT2D eigenvalue weighted by Gasteiger charge is 2.15. The van der Waals surface area contributed by atoms with Gasteiger partial charge in [-0.25, -0.2) is 4.79 Å². The number of rotatable bonds is 8. The van der Waals surface area contributed by atoms with Gasteiger partial charge in [0.05, 0.1) is 7.11 Å². The SMILES string of the molecule is CCN1CCN(c2ccc(NC(=O)COC(=O)/C=C/c3cccc(OC)c3)cc2)CC1. The van der Waals surface area contributed by atoms with Crippen molar-refractivity contribution < 1.29 is 19.1 Å². The molecule has 1 saturated heterocycles. The lowest BCUT2D eigenvalue weighted by atomic mass is 10.2. The van der Waals surface area contributed by atoms with Crippen LogP contribution < -0.4 is 15.0 Å². The van der Waals surface area contributed by atoms with Crippen LogP contribution in [0.4, 0.5) is 11.4 Å². The molecule has 1 aliphatic heterocycles. The molecule has 0 unspecified atom stereocenters. The Morgan fingerprint density at radius 3 is 2.48 bits per heavy atom.